The number of amides is 1. The highest BCUT2D eigenvalue weighted by molar-refractivity contribution is 7.89. The SMILES string of the molecule is CON=C1C[C@@H](C)O[C@@H](OC2C(C)CC(C)(OC(=O)NC(C)(C)CNS(=O)(=O)c3c(F)cccc3F)C(=O)C(C)C(OC(=O)CC(C)C)C(C)C(C(C)CO[C@@H]3O[C@H](C)[C@@H](O)[C@@H](OC)[C@H]3OC)OC(=O)C(C)C(O[C@H]3CC(C)N(C)C[C@H](C)O3)C2C)[C@@H]1O. The van der Waals surface area contributed by atoms with E-state index in [1.54, 1.807) is 48.5 Å². The van der Waals surface area contributed by atoms with Gasteiger partial charge in [0, 0.05) is 70.4 Å². The number of alkyl carbamates (subject to hydrolysis) is 1. The molecule has 4 aliphatic rings. The first-order chi connectivity index (χ1) is 41.0. The van der Waals surface area contributed by atoms with Crippen molar-refractivity contribution < 1.29 is 104 Å². The second kappa shape index (κ2) is 32.0. The molecule has 22 atom stereocenters. The van der Waals surface area contributed by atoms with Gasteiger partial charge in [-0.05, 0) is 92.8 Å². The summed E-state index contributed by atoms with van der Waals surface area (Å²) < 4.78 is 129. The molecular formula is C61H100F2N4O20S. The topological polar surface area (TPSA) is 293 Å². The number of methoxy groups -OCH3 is 2. The number of cyclic esters (lactones) is 1. The van der Waals surface area contributed by atoms with Crippen molar-refractivity contribution in [2.75, 3.05) is 48.1 Å². The molecule has 4 N–H and O–H groups in total. The number of likely N-dealkylation sites (N-methyl/N-ethyl adjacent to an activating group) is 1. The Morgan fingerprint density at radius 3 is 2.09 bits per heavy atom. The van der Waals surface area contributed by atoms with Crippen LogP contribution < -0.4 is 10.0 Å². The molecule has 0 spiro atoms. The number of hydrogen-bond donors (Lipinski definition) is 4. The van der Waals surface area contributed by atoms with Gasteiger partial charge in [-0.3, -0.25) is 14.4 Å². The van der Waals surface area contributed by atoms with Crippen molar-refractivity contribution in [2.45, 2.75) is 238 Å². The number of Topliss-reactive ketones (excluding diaryl/α,β-unsaturated/α-hetero) is 1. The summed E-state index contributed by atoms with van der Waals surface area (Å²) in [6.07, 6.45) is -15.6. The Balaban J connectivity index is 1.71. The quantitative estimate of drug-likeness (QED) is 0.0657. The van der Waals surface area contributed by atoms with E-state index in [0.29, 0.717) is 13.0 Å². The lowest BCUT2D eigenvalue weighted by Crippen LogP contribution is -2.59. The largest absolute Gasteiger partial charge is 0.461 e. The molecule has 0 radical (unpaired) electrons. The Morgan fingerprint density at radius 1 is 0.852 bits per heavy atom. The summed E-state index contributed by atoms with van der Waals surface area (Å²) in [7, 11) is 1.29. The molecule has 0 aliphatic carbocycles. The summed E-state index contributed by atoms with van der Waals surface area (Å²) in [4.78, 5) is 66.3. The summed E-state index contributed by atoms with van der Waals surface area (Å²) in [5.41, 5.74) is -3.59. The van der Waals surface area contributed by atoms with Crippen LogP contribution in [0.3, 0.4) is 0 Å². The van der Waals surface area contributed by atoms with Gasteiger partial charge in [-0.2, -0.15) is 0 Å². The first-order valence-corrected chi connectivity index (χ1v) is 32.0. The van der Waals surface area contributed by atoms with E-state index in [2.05, 4.69) is 20.1 Å². The zero-order valence-corrected chi connectivity index (χ0v) is 55.5. The molecule has 1 amide bonds. The van der Waals surface area contributed by atoms with Gasteiger partial charge in [0.05, 0.1) is 60.2 Å². The number of nitrogens with zero attached hydrogens (tertiary/aromatic N) is 2. The molecule has 1 aromatic carbocycles. The monoisotopic (exact) mass is 1280 g/mol. The average molecular weight is 1280 g/mol. The first kappa shape index (κ1) is 74.6. The lowest BCUT2D eigenvalue weighted by molar-refractivity contribution is -0.305. The minimum absolute atomic E-state index is 0.0579. The molecule has 0 aromatic heterocycles. The van der Waals surface area contributed by atoms with Crippen molar-refractivity contribution in [2.24, 2.45) is 46.6 Å². The molecule has 0 bridgehead atoms. The number of aliphatic hydroxyl groups excluding tert-OH is 2. The molecule has 4 saturated heterocycles. The normalized spacial score (nSPS) is 37.1. The predicted octanol–water partition coefficient (Wildman–Crippen LogP) is 6.04. The third-order valence-corrected chi connectivity index (χ3v) is 18.7. The number of esters is 2. The Labute approximate surface area is 518 Å². The van der Waals surface area contributed by atoms with Crippen LogP contribution in [-0.2, 0) is 81.3 Å². The maximum absolute atomic E-state index is 16.0. The van der Waals surface area contributed by atoms with E-state index in [0.717, 1.165) is 18.2 Å². The van der Waals surface area contributed by atoms with Crippen LogP contribution in [0.2, 0.25) is 0 Å². The second-order valence-corrected chi connectivity index (χ2v) is 27.7. The fourth-order valence-electron chi connectivity index (χ4n) is 12.4. The third-order valence-electron chi connectivity index (χ3n) is 17.3. The number of hydrogen-bond acceptors (Lipinski definition) is 22. The number of rotatable bonds is 20. The van der Waals surface area contributed by atoms with Crippen LogP contribution >= 0.6 is 0 Å². The predicted molar refractivity (Wildman–Crippen MR) is 316 cm³/mol. The third kappa shape index (κ3) is 19.0. The highest BCUT2D eigenvalue weighted by Gasteiger charge is 2.53. The fourth-order valence-corrected chi connectivity index (χ4v) is 13.7. The van der Waals surface area contributed by atoms with Crippen LogP contribution in [0, 0.1) is 53.1 Å². The van der Waals surface area contributed by atoms with Gasteiger partial charge in [0.1, 0.15) is 55.4 Å². The Morgan fingerprint density at radius 2 is 1.49 bits per heavy atom. The highest BCUT2D eigenvalue weighted by Crippen LogP contribution is 2.41. The molecule has 27 heteroatoms. The summed E-state index contributed by atoms with van der Waals surface area (Å²) in [5.74, 6) is -11.3. The summed E-state index contributed by atoms with van der Waals surface area (Å²) in [6.45, 7) is 24.9. The van der Waals surface area contributed by atoms with E-state index in [9.17, 15) is 37.0 Å². The van der Waals surface area contributed by atoms with Crippen LogP contribution in [0.1, 0.15) is 130 Å². The lowest BCUT2D eigenvalue weighted by atomic mass is 9.74. The molecule has 504 valence electrons. The number of halogens is 2. The first-order valence-electron chi connectivity index (χ1n) is 30.5. The summed E-state index contributed by atoms with van der Waals surface area (Å²) >= 11 is 0. The van der Waals surface area contributed by atoms with Crippen molar-refractivity contribution in [1.82, 2.24) is 14.9 Å². The number of oxime groups is 1. The standard InChI is InChI=1S/C61H100F2N4O20S/c1-30(2)23-44(68)83-50-37(9)49(32(4)28-79-58-53(77-18)52(76-17)46(69)40(12)82-58)85-56(72)39(11)51(84-45-24-33(5)67(16)27-35(7)80-45)36(8)48(86-57-47(70)43(66-78-19)25-34(6)81-57)31(3)26-61(15,55(71)38(50)10)87-59(73)65-60(13,14)29-64-88(74,75)54-41(62)21-20-22-42(54)63/h20-22,30-40,45-53,57-58,64,69-70H,23-29H2,1-19H3,(H,65,73)/t31?,32?,33?,34-,35+,36?,37?,38?,39?,40-,45+,46-,47-,48?,49?,50?,51?,52-,53-,57+,58-,61?/m1/s1. The summed E-state index contributed by atoms with van der Waals surface area (Å²) in [6, 6.07) is 2.52. The number of nitrogens with one attached hydrogen (secondary N) is 2. The van der Waals surface area contributed by atoms with Gasteiger partial charge in [-0.25, -0.2) is 26.7 Å². The molecule has 24 nitrogen and oxygen atoms in total. The Bertz CT molecular complexity index is 2600. The number of benzene rings is 1. The van der Waals surface area contributed by atoms with Crippen LogP contribution in [0.5, 0.6) is 0 Å². The zero-order valence-electron chi connectivity index (χ0n) is 54.7. The molecule has 4 heterocycles. The van der Waals surface area contributed by atoms with E-state index >= 15 is 9.59 Å². The molecule has 4 aliphatic heterocycles. The number of carbonyl (C=O) groups excluding carboxylic acids is 4. The average Bonchev–Trinajstić information content (AvgIpc) is 1.18. The van der Waals surface area contributed by atoms with Crippen LogP contribution in [0.15, 0.2) is 28.3 Å². The van der Waals surface area contributed by atoms with Crippen LogP contribution in [-0.4, -0.2) is 204 Å². The van der Waals surface area contributed by atoms with Gasteiger partial charge in [0.15, 0.2) is 35.1 Å². The number of ketones is 1. The highest BCUT2D eigenvalue weighted by atomic mass is 32.2. The molecule has 4 fully saturated rings. The second-order valence-electron chi connectivity index (χ2n) is 26.0. The summed E-state index contributed by atoms with van der Waals surface area (Å²) in [5, 5.41) is 29.5. The molecule has 12 unspecified atom stereocenters. The Hall–Kier alpha value is -4.10. The minimum atomic E-state index is -4.84. The zero-order chi connectivity index (χ0) is 66.1. The number of sulfonamides is 1. The van der Waals surface area contributed by atoms with Gasteiger partial charge in [-0.1, -0.05) is 59.7 Å². The van der Waals surface area contributed by atoms with Crippen molar-refractivity contribution in [3.8, 4) is 0 Å². The Kier molecular flexibility index (Phi) is 27.1. The fraction of sp³-hybridized carbons (Fsp3) is 0.820. The van der Waals surface area contributed by atoms with Crippen molar-refractivity contribution >= 4 is 39.6 Å². The van der Waals surface area contributed by atoms with E-state index < -0.39 is 183 Å². The van der Waals surface area contributed by atoms with Gasteiger partial charge in [-0.15, -0.1) is 0 Å². The molecule has 5 rings (SSSR count). The van der Waals surface area contributed by atoms with Gasteiger partial charge >= 0.3 is 18.0 Å². The molecule has 0 saturated carbocycles. The van der Waals surface area contributed by atoms with Crippen LogP contribution in [0.4, 0.5) is 13.6 Å². The number of aliphatic hydroxyl groups is 2. The van der Waals surface area contributed by atoms with Crippen molar-refractivity contribution in [3.05, 3.63) is 29.8 Å². The van der Waals surface area contributed by atoms with E-state index in [1.165, 1.54) is 49.0 Å². The van der Waals surface area contributed by atoms with Gasteiger partial charge < -0.3 is 77.4 Å². The maximum atomic E-state index is 16.0. The number of ether oxygens (including phenoxy) is 11. The van der Waals surface area contributed by atoms with E-state index in [1.807, 2.05) is 34.7 Å². The van der Waals surface area contributed by atoms with E-state index in [4.69, 9.17) is 56.9 Å². The molecule has 88 heavy (non-hydrogen) atoms. The van der Waals surface area contributed by atoms with E-state index in [-0.39, 0.29) is 49.6 Å². The van der Waals surface area contributed by atoms with Gasteiger partial charge in [0.25, 0.3) is 0 Å². The smallest absolute Gasteiger partial charge is 0.408 e. The molecule has 1 aromatic rings. The van der Waals surface area contributed by atoms with Crippen LogP contribution in [0.25, 0.3) is 0 Å². The molecular weight excluding hydrogens is 1180 g/mol. The lowest BCUT2D eigenvalue weighted by Gasteiger charge is -2.45. The number of carbonyl (C=O) groups is 4. The van der Waals surface area contributed by atoms with Crippen molar-refractivity contribution in [1.29, 1.82) is 0 Å². The minimum Gasteiger partial charge on any atom is -0.461 e. The van der Waals surface area contributed by atoms with Crippen molar-refractivity contribution in [3.63, 3.8) is 0 Å². The van der Waals surface area contributed by atoms with Gasteiger partial charge in [0.2, 0.25) is 10.0 Å². The maximum Gasteiger partial charge on any atom is 0.408 e.